The highest BCUT2D eigenvalue weighted by atomic mass is 32.2. The summed E-state index contributed by atoms with van der Waals surface area (Å²) in [5, 5.41) is 9.20. The van der Waals surface area contributed by atoms with Gasteiger partial charge in [0.2, 0.25) is 10.0 Å². The molecule has 1 N–H and O–H groups in total. The van der Waals surface area contributed by atoms with Crippen LogP contribution in [0.2, 0.25) is 0 Å². The quantitative estimate of drug-likeness (QED) is 0.842. The summed E-state index contributed by atoms with van der Waals surface area (Å²) in [6.45, 7) is 0.963. The van der Waals surface area contributed by atoms with E-state index in [9.17, 15) is 18.3 Å². The molecule has 0 spiro atoms. The molecule has 1 heterocycles. The predicted octanol–water partition coefficient (Wildman–Crippen LogP) is 1.30. The van der Waals surface area contributed by atoms with Gasteiger partial charge in [-0.2, -0.15) is 0 Å². The molecular weight excluding hydrogens is 254 g/mol. The molecule has 2 atom stereocenters. The Hall–Kier alpha value is -0.620. The van der Waals surface area contributed by atoms with Crippen LogP contribution in [0.1, 0.15) is 38.5 Å². The number of aliphatic carboxylic acids is 1. The number of nitrogens with zero attached hydrogens (tertiary/aromatic N) is 1. The van der Waals surface area contributed by atoms with Crippen molar-refractivity contribution in [3.05, 3.63) is 0 Å². The van der Waals surface area contributed by atoms with Crippen LogP contribution in [-0.2, 0) is 14.8 Å². The summed E-state index contributed by atoms with van der Waals surface area (Å²) in [6, 6.07) is 0. The van der Waals surface area contributed by atoms with E-state index in [0.717, 1.165) is 32.1 Å². The number of rotatable bonds is 3. The van der Waals surface area contributed by atoms with Gasteiger partial charge in [0.1, 0.15) is 0 Å². The third-order valence-electron chi connectivity index (χ3n) is 4.12. The second-order valence-corrected chi connectivity index (χ2v) is 7.46. The van der Waals surface area contributed by atoms with E-state index in [0.29, 0.717) is 19.5 Å². The summed E-state index contributed by atoms with van der Waals surface area (Å²) < 4.78 is 25.3. The van der Waals surface area contributed by atoms with Crippen LogP contribution < -0.4 is 0 Å². The zero-order valence-electron chi connectivity index (χ0n) is 10.5. The largest absolute Gasteiger partial charge is 0.481 e. The Morgan fingerprint density at radius 3 is 2.56 bits per heavy atom. The summed E-state index contributed by atoms with van der Waals surface area (Å²) in [6.07, 6.45) is 5.11. The van der Waals surface area contributed by atoms with Gasteiger partial charge >= 0.3 is 5.97 Å². The van der Waals surface area contributed by atoms with Crippen molar-refractivity contribution >= 4 is 16.0 Å². The van der Waals surface area contributed by atoms with E-state index in [1.165, 1.54) is 4.31 Å². The molecule has 0 bridgehead atoms. The van der Waals surface area contributed by atoms with Gasteiger partial charge in [-0.25, -0.2) is 12.7 Å². The summed E-state index contributed by atoms with van der Waals surface area (Å²) in [5.41, 5.74) is 0. The number of carboxylic acids is 1. The first-order valence-corrected chi connectivity index (χ1v) is 8.32. The van der Waals surface area contributed by atoms with Crippen molar-refractivity contribution in [3.8, 4) is 0 Å². The minimum atomic E-state index is -3.13. The Bertz CT molecular complexity index is 406. The minimum Gasteiger partial charge on any atom is -0.481 e. The van der Waals surface area contributed by atoms with Gasteiger partial charge in [0.05, 0.1) is 11.7 Å². The fourth-order valence-electron chi connectivity index (χ4n) is 3.06. The van der Waals surface area contributed by atoms with Crippen LogP contribution in [0.15, 0.2) is 0 Å². The van der Waals surface area contributed by atoms with Crippen LogP contribution in [0.4, 0.5) is 0 Å². The van der Waals surface area contributed by atoms with Gasteiger partial charge in [-0.1, -0.05) is 12.8 Å². The van der Waals surface area contributed by atoms with Crippen molar-refractivity contribution in [2.24, 2.45) is 11.8 Å². The minimum absolute atomic E-state index is 0.0101. The molecule has 0 amide bonds. The van der Waals surface area contributed by atoms with Gasteiger partial charge in [0.15, 0.2) is 0 Å². The van der Waals surface area contributed by atoms with Crippen LogP contribution in [0.3, 0.4) is 0 Å². The summed E-state index contributed by atoms with van der Waals surface area (Å²) in [4.78, 5) is 11.2. The SMILES string of the molecule is O=C(O)C1CCCCC1CN1CCCCS1(=O)=O. The molecule has 1 saturated heterocycles. The standard InChI is InChI=1S/C12H21NO4S/c14-12(15)11-6-2-1-5-10(11)9-13-7-3-4-8-18(13,16)17/h10-11H,1-9H2,(H,14,15). The van der Waals surface area contributed by atoms with Crippen molar-refractivity contribution in [1.29, 1.82) is 0 Å². The smallest absolute Gasteiger partial charge is 0.306 e. The Kier molecular flexibility index (Phi) is 4.27. The highest BCUT2D eigenvalue weighted by Crippen LogP contribution is 2.32. The fraction of sp³-hybridized carbons (Fsp3) is 0.917. The van der Waals surface area contributed by atoms with Crippen molar-refractivity contribution in [3.63, 3.8) is 0 Å². The number of carboxylic acid groups (broad SMARTS) is 1. The first-order valence-electron chi connectivity index (χ1n) is 6.71. The molecule has 18 heavy (non-hydrogen) atoms. The highest BCUT2D eigenvalue weighted by Gasteiger charge is 2.35. The van der Waals surface area contributed by atoms with E-state index in [1.807, 2.05) is 0 Å². The lowest BCUT2D eigenvalue weighted by Crippen LogP contribution is -2.43. The summed E-state index contributed by atoms with van der Waals surface area (Å²) in [5.74, 6) is -0.925. The van der Waals surface area contributed by atoms with E-state index in [2.05, 4.69) is 0 Å². The predicted molar refractivity (Wildman–Crippen MR) is 67.7 cm³/mol. The normalized spacial score (nSPS) is 33.1. The lowest BCUT2D eigenvalue weighted by Gasteiger charge is -2.34. The molecule has 1 saturated carbocycles. The average Bonchev–Trinajstić information content (AvgIpc) is 2.32. The Labute approximate surface area is 108 Å². The molecule has 0 aromatic carbocycles. The van der Waals surface area contributed by atoms with Gasteiger partial charge in [0.25, 0.3) is 0 Å². The summed E-state index contributed by atoms with van der Waals surface area (Å²) in [7, 11) is -3.13. The second kappa shape index (κ2) is 5.57. The molecule has 2 rings (SSSR count). The van der Waals surface area contributed by atoms with Gasteiger partial charge in [-0.15, -0.1) is 0 Å². The first kappa shape index (κ1) is 13.8. The topological polar surface area (TPSA) is 74.7 Å². The average molecular weight is 275 g/mol. The zero-order valence-corrected chi connectivity index (χ0v) is 11.4. The van der Waals surface area contributed by atoms with Gasteiger partial charge < -0.3 is 5.11 Å². The molecule has 2 fully saturated rings. The molecule has 2 unspecified atom stereocenters. The maximum Gasteiger partial charge on any atom is 0.306 e. The Morgan fingerprint density at radius 2 is 1.89 bits per heavy atom. The van der Waals surface area contributed by atoms with Crippen LogP contribution >= 0.6 is 0 Å². The highest BCUT2D eigenvalue weighted by molar-refractivity contribution is 7.89. The molecule has 2 aliphatic rings. The van der Waals surface area contributed by atoms with E-state index in [1.54, 1.807) is 0 Å². The van der Waals surface area contributed by atoms with E-state index in [4.69, 9.17) is 0 Å². The lowest BCUT2D eigenvalue weighted by molar-refractivity contribution is -0.145. The number of sulfonamides is 1. The molecule has 104 valence electrons. The van der Waals surface area contributed by atoms with Crippen LogP contribution in [0.25, 0.3) is 0 Å². The molecule has 1 aliphatic heterocycles. The summed E-state index contributed by atoms with van der Waals surface area (Å²) >= 11 is 0. The Balaban J connectivity index is 2.04. The van der Waals surface area contributed by atoms with Crippen molar-refractivity contribution in [2.75, 3.05) is 18.8 Å². The second-order valence-electron chi connectivity index (χ2n) is 5.37. The fourth-order valence-corrected chi connectivity index (χ4v) is 4.71. The molecule has 0 aromatic rings. The molecule has 5 nitrogen and oxygen atoms in total. The van der Waals surface area contributed by atoms with Crippen molar-refractivity contribution < 1.29 is 18.3 Å². The zero-order chi connectivity index (χ0) is 13.2. The lowest BCUT2D eigenvalue weighted by atomic mass is 9.79. The van der Waals surface area contributed by atoms with Gasteiger partial charge in [-0.05, 0) is 31.6 Å². The monoisotopic (exact) mass is 275 g/mol. The van der Waals surface area contributed by atoms with Crippen LogP contribution in [-0.4, -0.2) is 42.6 Å². The Morgan fingerprint density at radius 1 is 1.17 bits per heavy atom. The number of hydrogen-bond acceptors (Lipinski definition) is 3. The van der Waals surface area contributed by atoms with Gasteiger partial charge in [-0.3, -0.25) is 4.79 Å². The molecule has 0 aromatic heterocycles. The molecule has 0 radical (unpaired) electrons. The molecule has 1 aliphatic carbocycles. The maximum absolute atomic E-state index is 11.9. The van der Waals surface area contributed by atoms with Gasteiger partial charge in [0, 0.05) is 13.1 Å². The third-order valence-corrected chi connectivity index (χ3v) is 6.04. The van der Waals surface area contributed by atoms with Crippen LogP contribution in [0.5, 0.6) is 0 Å². The molecule has 6 heteroatoms. The van der Waals surface area contributed by atoms with Crippen molar-refractivity contribution in [2.45, 2.75) is 38.5 Å². The number of hydrogen-bond donors (Lipinski definition) is 1. The van der Waals surface area contributed by atoms with E-state index < -0.39 is 16.0 Å². The van der Waals surface area contributed by atoms with E-state index >= 15 is 0 Å². The van der Waals surface area contributed by atoms with E-state index in [-0.39, 0.29) is 17.6 Å². The third kappa shape index (κ3) is 3.03. The first-order chi connectivity index (χ1) is 8.50. The van der Waals surface area contributed by atoms with Crippen molar-refractivity contribution in [1.82, 2.24) is 4.31 Å². The number of carbonyl (C=O) groups is 1. The molecular formula is C12H21NO4S. The van der Waals surface area contributed by atoms with Crippen LogP contribution in [0, 0.1) is 11.8 Å². The maximum atomic E-state index is 11.9.